The summed E-state index contributed by atoms with van der Waals surface area (Å²) in [7, 11) is 0. The number of carbonyl (C=O) groups is 1. The van der Waals surface area contributed by atoms with E-state index in [0.29, 0.717) is 12.2 Å². The van der Waals surface area contributed by atoms with Crippen LogP contribution in [0.15, 0.2) is 60.9 Å². The van der Waals surface area contributed by atoms with E-state index in [-0.39, 0.29) is 12.0 Å². The highest BCUT2D eigenvalue weighted by Gasteiger charge is 2.23. The van der Waals surface area contributed by atoms with Crippen LogP contribution in [0.3, 0.4) is 0 Å². The van der Waals surface area contributed by atoms with Gasteiger partial charge in [0, 0.05) is 44.9 Å². The molecule has 0 saturated carbocycles. The van der Waals surface area contributed by atoms with Gasteiger partial charge in [0.2, 0.25) is 0 Å². The average Bonchev–Trinajstić information content (AvgIpc) is 2.79. The lowest BCUT2D eigenvalue weighted by atomic mass is 10.1. The number of rotatable bonds is 6. The molecule has 1 aliphatic heterocycles. The molecule has 0 radical (unpaired) electrons. The molecule has 0 aliphatic carbocycles. The summed E-state index contributed by atoms with van der Waals surface area (Å²) in [6.45, 7) is 4.09. The summed E-state index contributed by atoms with van der Waals surface area (Å²) >= 11 is 0. The SMILES string of the molecule is Cc1cc(C(=O)NCc2ccncc2)nnc1N1CCC(Oc2ccccc2)CC1. The Balaban J connectivity index is 1.32. The predicted molar refractivity (Wildman–Crippen MR) is 114 cm³/mol. The number of aryl methyl sites for hydroxylation is 1. The van der Waals surface area contributed by atoms with Gasteiger partial charge in [0.05, 0.1) is 0 Å². The van der Waals surface area contributed by atoms with Gasteiger partial charge in [0.1, 0.15) is 11.9 Å². The van der Waals surface area contributed by atoms with Gasteiger partial charge in [-0.1, -0.05) is 18.2 Å². The van der Waals surface area contributed by atoms with Crippen LogP contribution in [0.5, 0.6) is 5.75 Å². The predicted octanol–water partition coefficient (Wildman–Crippen LogP) is 3.16. The summed E-state index contributed by atoms with van der Waals surface area (Å²) in [4.78, 5) is 18.6. The number of nitrogens with zero attached hydrogens (tertiary/aromatic N) is 4. The van der Waals surface area contributed by atoms with Gasteiger partial charge in [-0.3, -0.25) is 9.78 Å². The minimum Gasteiger partial charge on any atom is -0.490 e. The molecule has 0 atom stereocenters. The third-order valence-electron chi connectivity index (χ3n) is 5.18. The monoisotopic (exact) mass is 403 g/mol. The Kier molecular flexibility index (Phi) is 6.17. The summed E-state index contributed by atoms with van der Waals surface area (Å²) in [5.74, 6) is 1.51. The van der Waals surface area contributed by atoms with Crippen molar-refractivity contribution >= 4 is 11.7 Å². The van der Waals surface area contributed by atoms with Crippen molar-refractivity contribution < 1.29 is 9.53 Å². The number of nitrogens with one attached hydrogen (secondary N) is 1. The van der Waals surface area contributed by atoms with Crippen molar-refractivity contribution in [1.82, 2.24) is 20.5 Å². The highest BCUT2D eigenvalue weighted by Crippen LogP contribution is 2.24. The maximum absolute atomic E-state index is 12.4. The molecule has 7 nitrogen and oxygen atoms in total. The van der Waals surface area contributed by atoms with E-state index < -0.39 is 0 Å². The first-order valence-electron chi connectivity index (χ1n) is 10.2. The molecule has 3 aromatic rings. The Bertz CT molecular complexity index is 973. The summed E-state index contributed by atoms with van der Waals surface area (Å²) in [6, 6.07) is 15.5. The van der Waals surface area contributed by atoms with Crippen molar-refractivity contribution in [3.8, 4) is 5.75 Å². The number of carbonyl (C=O) groups excluding carboxylic acids is 1. The molecule has 1 aromatic carbocycles. The number of piperidine rings is 1. The Morgan fingerprint density at radius 1 is 1.10 bits per heavy atom. The van der Waals surface area contributed by atoms with Crippen molar-refractivity contribution in [2.45, 2.75) is 32.4 Å². The van der Waals surface area contributed by atoms with Gasteiger partial charge in [0.15, 0.2) is 11.5 Å². The zero-order chi connectivity index (χ0) is 20.8. The van der Waals surface area contributed by atoms with Gasteiger partial charge in [-0.25, -0.2) is 0 Å². The molecular formula is C23H25N5O2. The molecular weight excluding hydrogens is 378 g/mol. The van der Waals surface area contributed by atoms with Gasteiger partial charge in [-0.05, 0) is 48.4 Å². The third-order valence-corrected chi connectivity index (χ3v) is 5.18. The number of ether oxygens (including phenoxy) is 1. The molecule has 1 saturated heterocycles. The van der Waals surface area contributed by atoms with Crippen LogP contribution in [0, 0.1) is 6.92 Å². The van der Waals surface area contributed by atoms with E-state index in [2.05, 4.69) is 25.4 Å². The van der Waals surface area contributed by atoms with Crippen molar-refractivity contribution in [2.24, 2.45) is 0 Å². The second kappa shape index (κ2) is 9.35. The van der Waals surface area contributed by atoms with Crippen LogP contribution in [-0.2, 0) is 6.54 Å². The number of pyridine rings is 1. The Hall–Kier alpha value is -3.48. The minimum absolute atomic E-state index is 0.204. The molecule has 30 heavy (non-hydrogen) atoms. The van der Waals surface area contributed by atoms with Gasteiger partial charge in [-0.15, -0.1) is 10.2 Å². The van der Waals surface area contributed by atoms with E-state index in [1.54, 1.807) is 18.5 Å². The first-order chi connectivity index (χ1) is 14.7. The van der Waals surface area contributed by atoms with E-state index in [4.69, 9.17) is 4.74 Å². The lowest BCUT2D eigenvalue weighted by Gasteiger charge is -2.33. The van der Waals surface area contributed by atoms with E-state index >= 15 is 0 Å². The average molecular weight is 403 g/mol. The Labute approximate surface area is 176 Å². The van der Waals surface area contributed by atoms with E-state index in [1.807, 2.05) is 49.4 Å². The first kappa shape index (κ1) is 19.8. The quantitative estimate of drug-likeness (QED) is 0.681. The molecule has 3 heterocycles. The number of anilines is 1. The topological polar surface area (TPSA) is 80.2 Å². The number of hydrogen-bond donors (Lipinski definition) is 1. The Morgan fingerprint density at radius 3 is 2.53 bits per heavy atom. The molecule has 0 bridgehead atoms. The number of benzene rings is 1. The smallest absolute Gasteiger partial charge is 0.272 e. The van der Waals surface area contributed by atoms with E-state index in [1.165, 1.54) is 0 Å². The number of hydrogen-bond acceptors (Lipinski definition) is 6. The van der Waals surface area contributed by atoms with E-state index in [9.17, 15) is 4.79 Å². The van der Waals surface area contributed by atoms with Crippen molar-refractivity contribution in [3.05, 3.63) is 77.7 Å². The highest BCUT2D eigenvalue weighted by molar-refractivity contribution is 5.92. The summed E-state index contributed by atoms with van der Waals surface area (Å²) in [5, 5.41) is 11.4. The molecule has 2 aromatic heterocycles. The first-order valence-corrected chi connectivity index (χ1v) is 10.2. The normalized spacial score (nSPS) is 14.4. The molecule has 1 aliphatic rings. The summed E-state index contributed by atoms with van der Waals surface area (Å²) < 4.78 is 6.06. The minimum atomic E-state index is -0.232. The van der Waals surface area contributed by atoms with Crippen LogP contribution in [-0.4, -0.2) is 40.3 Å². The second-order valence-electron chi connectivity index (χ2n) is 7.39. The van der Waals surface area contributed by atoms with Crippen LogP contribution in [0.25, 0.3) is 0 Å². The van der Waals surface area contributed by atoms with Crippen molar-refractivity contribution in [1.29, 1.82) is 0 Å². The largest absolute Gasteiger partial charge is 0.490 e. The second-order valence-corrected chi connectivity index (χ2v) is 7.39. The van der Waals surface area contributed by atoms with Crippen LogP contribution < -0.4 is 15.0 Å². The number of aromatic nitrogens is 3. The van der Waals surface area contributed by atoms with Crippen LogP contribution >= 0.6 is 0 Å². The molecule has 0 unspecified atom stereocenters. The standard InChI is InChI=1S/C23H25N5O2/c1-17-15-21(23(29)25-16-18-7-11-24-12-8-18)26-27-22(17)28-13-9-20(10-14-28)30-19-5-3-2-4-6-19/h2-8,11-12,15,20H,9-10,13-14,16H2,1H3,(H,25,29). The molecule has 1 amide bonds. The molecule has 1 fully saturated rings. The van der Waals surface area contributed by atoms with Crippen molar-refractivity contribution in [2.75, 3.05) is 18.0 Å². The fourth-order valence-corrected chi connectivity index (χ4v) is 3.55. The van der Waals surface area contributed by atoms with Crippen molar-refractivity contribution in [3.63, 3.8) is 0 Å². The number of amides is 1. The lowest BCUT2D eigenvalue weighted by Crippen LogP contribution is -2.39. The van der Waals surface area contributed by atoms with Crippen LogP contribution in [0.1, 0.15) is 34.5 Å². The van der Waals surface area contributed by atoms with Gasteiger partial charge < -0.3 is 15.0 Å². The molecule has 154 valence electrons. The highest BCUT2D eigenvalue weighted by atomic mass is 16.5. The van der Waals surface area contributed by atoms with Crippen LogP contribution in [0.2, 0.25) is 0 Å². The molecule has 0 spiro atoms. The van der Waals surface area contributed by atoms with Gasteiger partial charge in [-0.2, -0.15) is 0 Å². The summed E-state index contributed by atoms with van der Waals surface area (Å²) in [5.41, 5.74) is 2.26. The zero-order valence-corrected chi connectivity index (χ0v) is 17.0. The van der Waals surface area contributed by atoms with E-state index in [0.717, 1.165) is 48.6 Å². The molecule has 4 rings (SSSR count). The maximum atomic E-state index is 12.4. The summed E-state index contributed by atoms with van der Waals surface area (Å²) in [6.07, 6.45) is 5.45. The molecule has 7 heteroatoms. The maximum Gasteiger partial charge on any atom is 0.272 e. The van der Waals surface area contributed by atoms with Gasteiger partial charge >= 0.3 is 0 Å². The molecule has 1 N–H and O–H groups in total. The van der Waals surface area contributed by atoms with Crippen LogP contribution in [0.4, 0.5) is 5.82 Å². The fraction of sp³-hybridized carbons (Fsp3) is 0.304. The number of para-hydroxylation sites is 1. The third kappa shape index (κ3) is 4.92. The fourth-order valence-electron chi connectivity index (χ4n) is 3.55. The lowest BCUT2D eigenvalue weighted by molar-refractivity contribution is 0.0945. The Morgan fingerprint density at radius 2 is 1.83 bits per heavy atom. The zero-order valence-electron chi connectivity index (χ0n) is 17.0. The van der Waals surface area contributed by atoms with Gasteiger partial charge in [0.25, 0.3) is 5.91 Å².